The normalized spacial score (nSPS) is 16.5. The fraction of sp³-hybridized carbons (Fsp3) is 0.360. The van der Waals surface area contributed by atoms with Crippen LogP contribution in [0, 0.1) is 5.92 Å². The predicted octanol–water partition coefficient (Wildman–Crippen LogP) is 5.01. The van der Waals surface area contributed by atoms with Gasteiger partial charge in [0.15, 0.2) is 5.13 Å². The highest BCUT2D eigenvalue weighted by atomic mass is 32.1. The Morgan fingerprint density at radius 1 is 1.24 bits per heavy atom. The van der Waals surface area contributed by atoms with E-state index in [1.165, 1.54) is 18.3 Å². The van der Waals surface area contributed by atoms with Gasteiger partial charge in [0.25, 0.3) is 0 Å². The van der Waals surface area contributed by atoms with E-state index in [0.717, 1.165) is 33.1 Å². The van der Waals surface area contributed by atoms with Crippen LogP contribution in [0.3, 0.4) is 0 Å². The van der Waals surface area contributed by atoms with E-state index in [-0.39, 0.29) is 24.1 Å². The largest absolute Gasteiger partial charge is 0.351 e. The number of benzene rings is 1. The molecule has 3 heterocycles. The molecular weight excluding hydrogens is 468 g/mol. The summed E-state index contributed by atoms with van der Waals surface area (Å²) in [5.41, 5.74) is 2.82. The summed E-state index contributed by atoms with van der Waals surface area (Å²) in [6, 6.07) is 11.9. The number of nitrogens with zero attached hydrogens (tertiary/aromatic N) is 2. The molecule has 0 aliphatic carbocycles. The highest BCUT2D eigenvalue weighted by molar-refractivity contribution is 7.17. The number of amides is 3. The van der Waals surface area contributed by atoms with Crippen LogP contribution in [-0.2, 0) is 20.9 Å². The molecule has 2 aromatic heterocycles. The van der Waals surface area contributed by atoms with Gasteiger partial charge >= 0.3 is 0 Å². The Balaban J connectivity index is 1.41. The summed E-state index contributed by atoms with van der Waals surface area (Å²) < 4.78 is 0. The number of para-hydroxylation sites is 1. The summed E-state index contributed by atoms with van der Waals surface area (Å²) in [6.07, 6.45) is 1.17. The molecule has 2 atom stereocenters. The van der Waals surface area contributed by atoms with Crippen LogP contribution in [0.5, 0.6) is 0 Å². The fourth-order valence-electron chi connectivity index (χ4n) is 3.96. The van der Waals surface area contributed by atoms with Crippen molar-refractivity contribution in [2.75, 3.05) is 16.8 Å². The SMILES string of the molecule is CCC(C)c1ccccc1N1CC(C(=O)Nc2nc(-c3ccc(CNC(C)=O)s3)cs2)CC1=O. The van der Waals surface area contributed by atoms with Gasteiger partial charge in [-0.1, -0.05) is 32.0 Å². The van der Waals surface area contributed by atoms with Crippen LogP contribution in [0.1, 0.15) is 50.0 Å². The second-order valence-electron chi connectivity index (χ2n) is 8.48. The number of carbonyl (C=O) groups excluding carboxylic acids is 3. The van der Waals surface area contributed by atoms with Gasteiger partial charge in [-0.15, -0.1) is 22.7 Å². The summed E-state index contributed by atoms with van der Waals surface area (Å²) in [5.74, 6) is -0.366. The Hall–Kier alpha value is -3.04. The van der Waals surface area contributed by atoms with E-state index in [9.17, 15) is 14.4 Å². The number of aromatic nitrogens is 1. The third-order valence-electron chi connectivity index (χ3n) is 6.03. The van der Waals surface area contributed by atoms with Gasteiger partial charge in [-0.2, -0.15) is 0 Å². The van der Waals surface area contributed by atoms with Crippen molar-refractivity contribution in [3.8, 4) is 10.6 Å². The van der Waals surface area contributed by atoms with E-state index in [4.69, 9.17) is 0 Å². The molecule has 1 aliphatic heterocycles. The molecule has 2 N–H and O–H groups in total. The fourth-order valence-corrected chi connectivity index (χ4v) is 5.66. The van der Waals surface area contributed by atoms with Gasteiger partial charge in [-0.25, -0.2) is 4.98 Å². The van der Waals surface area contributed by atoms with Gasteiger partial charge in [0, 0.05) is 35.8 Å². The molecule has 3 amide bonds. The van der Waals surface area contributed by atoms with Crippen LogP contribution in [0.2, 0.25) is 0 Å². The van der Waals surface area contributed by atoms with Crippen molar-refractivity contribution in [1.82, 2.24) is 10.3 Å². The minimum absolute atomic E-state index is 0.0268. The molecule has 1 fully saturated rings. The first-order chi connectivity index (χ1) is 16.4. The van der Waals surface area contributed by atoms with E-state index in [0.29, 0.717) is 24.1 Å². The Kier molecular flexibility index (Phi) is 7.43. The average Bonchev–Trinajstić information content (AvgIpc) is 3.57. The van der Waals surface area contributed by atoms with Crippen molar-refractivity contribution < 1.29 is 14.4 Å². The number of carbonyl (C=O) groups is 3. The van der Waals surface area contributed by atoms with Crippen molar-refractivity contribution in [3.63, 3.8) is 0 Å². The topological polar surface area (TPSA) is 91.4 Å². The quantitative estimate of drug-likeness (QED) is 0.458. The summed E-state index contributed by atoms with van der Waals surface area (Å²) in [7, 11) is 0. The lowest BCUT2D eigenvalue weighted by Crippen LogP contribution is -2.29. The molecule has 0 radical (unpaired) electrons. The Morgan fingerprint density at radius 2 is 2.03 bits per heavy atom. The molecule has 1 aliphatic rings. The molecule has 2 unspecified atom stereocenters. The summed E-state index contributed by atoms with van der Waals surface area (Å²) in [5, 5.41) is 8.10. The maximum Gasteiger partial charge on any atom is 0.231 e. The number of thiazole rings is 1. The summed E-state index contributed by atoms with van der Waals surface area (Å²) >= 11 is 2.92. The molecule has 9 heteroatoms. The summed E-state index contributed by atoms with van der Waals surface area (Å²) in [6.45, 7) is 6.63. The zero-order chi connectivity index (χ0) is 24.2. The monoisotopic (exact) mass is 496 g/mol. The molecule has 0 saturated carbocycles. The second kappa shape index (κ2) is 10.5. The Bertz CT molecular complexity index is 1200. The van der Waals surface area contributed by atoms with Gasteiger partial charge in [-0.3, -0.25) is 14.4 Å². The first-order valence-electron chi connectivity index (χ1n) is 11.3. The minimum atomic E-state index is -0.421. The van der Waals surface area contributed by atoms with E-state index < -0.39 is 5.92 Å². The van der Waals surface area contributed by atoms with Gasteiger partial charge in [-0.05, 0) is 36.1 Å². The number of hydrogen-bond acceptors (Lipinski definition) is 6. The van der Waals surface area contributed by atoms with E-state index in [1.54, 1.807) is 16.2 Å². The van der Waals surface area contributed by atoms with Crippen LogP contribution in [0.4, 0.5) is 10.8 Å². The first-order valence-corrected chi connectivity index (χ1v) is 13.0. The molecule has 0 spiro atoms. The molecule has 3 aromatic rings. The van der Waals surface area contributed by atoms with Crippen LogP contribution < -0.4 is 15.5 Å². The van der Waals surface area contributed by atoms with Gasteiger partial charge in [0.2, 0.25) is 17.7 Å². The smallest absolute Gasteiger partial charge is 0.231 e. The molecule has 4 rings (SSSR count). The third kappa shape index (κ3) is 5.37. The van der Waals surface area contributed by atoms with Crippen LogP contribution >= 0.6 is 22.7 Å². The maximum atomic E-state index is 13.0. The third-order valence-corrected chi connectivity index (χ3v) is 7.89. The van der Waals surface area contributed by atoms with Crippen molar-refractivity contribution in [2.45, 2.75) is 46.1 Å². The zero-order valence-electron chi connectivity index (χ0n) is 19.5. The molecule has 0 bridgehead atoms. The van der Waals surface area contributed by atoms with Crippen molar-refractivity contribution in [3.05, 3.63) is 52.2 Å². The minimum Gasteiger partial charge on any atom is -0.351 e. The highest BCUT2D eigenvalue weighted by Crippen LogP contribution is 2.34. The lowest BCUT2D eigenvalue weighted by atomic mass is 9.96. The van der Waals surface area contributed by atoms with E-state index in [2.05, 4.69) is 35.5 Å². The lowest BCUT2D eigenvalue weighted by molar-refractivity contribution is -0.122. The molecule has 7 nitrogen and oxygen atoms in total. The number of anilines is 2. The van der Waals surface area contributed by atoms with Crippen LogP contribution in [-0.4, -0.2) is 29.3 Å². The van der Waals surface area contributed by atoms with E-state index in [1.807, 2.05) is 35.7 Å². The standard InChI is InChI=1S/C25H28N4O3S2/c1-4-15(2)19-7-5-6-8-21(19)29-13-17(11-23(29)31)24(32)28-25-27-20(14-33-25)22-10-9-18(34-22)12-26-16(3)30/h5-10,14-15,17H,4,11-13H2,1-3H3,(H,26,30)(H,27,28,32). The molecule has 1 aromatic carbocycles. The number of hydrogen-bond donors (Lipinski definition) is 2. The molecule has 178 valence electrons. The highest BCUT2D eigenvalue weighted by Gasteiger charge is 2.36. The zero-order valence-corrected chi connectivity index (χ0v) is 21.1. The second-order valence-corrected chi connectivity index (χ2v) is 10.5. The van der Waals surface area contributed by atoms with Crippen molar-refractivity contribution in [2.24, 2.45) is 5.92 Å². The molecule has 34 heavy (non-hydrogen) atoms. The van der Waals surface area contributed by atoms with Gasteiger partial charge in [0.1, 0.15) is 0 Å². The lowest BCUT2D eigenvalue weighted by Gasteiger charge is -2.23. The number of thiophene rings is 1. The van der Waals surface area contributed by atoms with Crippen molar-refractivity contribution in [1.29, 1.82) is 0 Å². The van der Waals surface area contributed by atoms with Crippen LogP contribution in [0.15, 0.2) is 41.8 Å². The average molecular weight is 497 g/mol. The Morgan fingerprint density at radius 3 is 2.79 bits per heavy atom. The number of nitrogens with one attached hydrogen (secondary N) is 2. The number of rotatable bonds is 8. The molecule has 1 saturated heterocycles. The molecular formula is C25H28N4O3S2. The van der Waals surface area contributed by atoms with Gasteiger partial charge in [0.05, 0.1) is 23.0 Å². The van der Waals surface area contributed by atoms with Crippen LogP contribution in [0.25, 0.3) is 10.6 Å². The maximum absolute atomic E-state index is 13.0. The van der Waals surface area contributed by atoms with Crippen molar-refractivity contribution >= 4 is 51.2 Å². The van der Waals surface area contributed by atoms with Gasteiger partial charge < -0.3 is 15.5 Å². The van der Waals surface area contributed by atoms with E-state index >= 15 is 0 Å². The summed E-state index contributed by atoms with van der Waals surface area (Å²) in [4.78, 5) is 45.2. The Labute approximate surface area is 207 Å². The first kappa shape index (κ1) is 24.1. The predicted molar refractivity (Wildman–Crippen MR) is 137 cm³/mol.